The SMILES string of the molecule is N#CC[C@@H](NS(=O)(=O)CCCCCN1CC(=O)NC1=O)c1cc(OCC2CC2)ccn1. The molecule has 2 N–H and O–H groups in total. The van der Waals surface area contributed by atoms with E-state index in [0.717, 1.165) is 12.8 Å². The number of urea groups is 1. The monoisotopic (exact) mass is 449 g/mol. The highest BCUT2D eigenvalue weighted by Gasteiger charge is 2.26. The Hall–Kier alpha value is -2.71. The predicted molar refractivity (Wildman–Crippen MR) is 111 cm³/mol. The van der Waals surface area contributed by atoms with Crippen molar-refractivity contribution in [1.29, 1.82) is 5.26 Å². The highest BCUT2D eigenvalue weighted by atomic mass is 32.2. The number of sulfonamides is 1. The van der Waals surface area contributed by atoms with Gasteiger partial charge in [-0.3, -0.25) is 15.1 Å². The third kappa shape index (κ3) is 7.48. The summed E-state index contributed by atoms with van der Waals surface area (Å²) in [6.45, 7) is 1.08. The molecule has 1 aromatic rings. The van der Waals surface area contributed by atoms with Crippen LogP contribution in [0.25, 0.3) is 0 Å². The van der Waals surface area contributed by atoms with Crippen LogP contribution in [0.2, 0.25) is 0 Å². The standard InChI is InChI=1S/C20H27N5O5S/c21-8-6-17(18-12-16(7-9-22-18)30-14-15-4-5-15)24-31(28,29)11-3-1-2-10-25-13-19(26)23-20(25)27/h7,9,12,15,17,24H,1-6,10-11,13-14H2,(H,23,26,27)/t17-/m1/s1. The van der Waals surface area contributed by atoms with Gasteiger partial charge in [-0.1, -0.05) is 6.42 Å². The van der Waals surface area contributed by atoms with E-state index in [-0.39, 0.29) is 24.6 Å². The van der Waals surface area contributed by atoms with E-state index in [1.54, 1.807) is 18.3 Å². The summed E-state index contributed by atoms with van der Waals surface area (Å²) in [6, 6.07) is 4.24. The molecular formula is C20H27N5O5S. The van der Waals surface area contributed by atoms with Crippen LogP contribution in [0.15, 0.2) is 18.3 Å². The number of aromatic nitrogens is 1. The van der Waals surface area contributed by atoms with E-state index < -0.39 is 22.1 Å². The summed E-state index contributed by atoms with van der Waals surface area (Å²) in [5.74, 6) is 0.780. The maximum absolute atomic E-state index is 12.5. The topological polar surface area (TPSA) is 141 Å². The van der Waals surface area contributed by atoms with E-state index in [4.69, 9.17) is 10.00 Å². The molecule has 0 spiro atoms. The van der Waals surface area contributed by atoms with Crippen LogP contribution in [-0.2, 0) is 14.8 Å². The molecule has 31 heavy (non-hydrogen) atoms. The van der Waals surface area contributed by atoms with Crippen molar-refractivity contribution in [2.24, 2.45) is 5.92 Å². The number of hydrogen-bond donors (Lipinski definition) is 2. The molecule has 1 saturated carbocycles. The first-order valence-electron chi connectivity index (χ1n) is 10.4. The van der Waals surface area contributed by atoms with Crippen molar-refractivity contribution in [2.75, 3.05) is 25.4 Å². The smallest absolute Gasteiger partial charge is 0.324 e. The molecular weight excluding hydrogens is 422 g/mol. The van der Waals surface area contributed by atoms with Crippen molar-refractivity contribution in [2.45, 2.75) is 44.6 Å². The van der Waals surface area contributed by atoms with Gasteiger partial charge in [0.25, 0.3) is 0 Å². The normalized spacial score (nSPS) is 17.3. The molecule has 1 aliphatic carbocycles. The molecule has 1 aliphatic heterocycles. The molecule has 0 bridgehead atoms. The number of imide groups is 1. The Bertz CT molecular complexity index is 942. The zero-order chi connectivity index (χ0) is 22.3. The fraction of sp³-hybridized carbons (Fsp3) is 0.600. The lowest BCUT2D eigenvalue weighted by Gasteiger charge is -2.17. The van der Waals surface area contributed by atoms with E-state index in [1.807, 2.05) is 6.07 Å². The maximum atomic E-state index is 12.5. The highest BCUT2D eigenvalue weighted by Crippen LogP contribution is 2.30. The second-order valence-corrected chi connectivity index (χ2v) is 9.73. The summed E-state index contributed by atoms with van der Waals surface area (Å²) in [6.07, 6.45) is 5.42. The van der Waals surface area contributed by atoms with E-state index in [1.165, 1.54) is 4.90 Å². The number of amides is 3. The molecule has 2 heterocycles. The summed E-state index contributed by atoms with van der Waals surface area (Å²) in [5, 5.41) is 11.3. The van der Waals surface area contributed by atoms with Gasteiger partial charge >= 0.3 is 6.03 Å². The Morgan fingerprint density at radius 2 is 2.13 bits per heavy atom. The van der Waals surface area contributed by atoms with Crippen LogP contribution in [-0.4, -0.2) is 55.7 Å². The van der Waals surface area contributed by atoms with Gasteiger partial charge in [0, 0.05) is 18.8 Å². The molecule has 10 nitrogen and oxygen atoms in total. The number of nitrogens with zero attached hydrogens (tertiary/aromatic N) is 3. The van der Waals surface area contributed by atoms with Gasteiger partial charge in [-0.05, 0) is 37.7 Å². The Morgan fingerprint density at radius 1 is 1.32 bits per heavy atom. The number of carbonyl (C=O) groups is 2. The first kappa shape index (κ1) is 23.0. The molecule has 1 aromatic heterocycles. The minimum absolute atomic E-state index is 0.0452. The molecule has 2 aliphatic rings. The van der Waals surface area contributed by atoms with Crippen molar-refractivity contribution in [1.82, 2.24) is 19.9 Å². The van der Waals surface area contributed by atoms with Gasteiger partial charge in [-0.15, -0.1) is 0 Å². The molecule has 11 heteroatoms. The van der Waals surface area contributed by atoms with Gasteiger partial charge in [0.2, 0.25) is 15.9 Å². The zero-order valence-corrected chi connectivity index (χ0v) is 18.1. The van der Waals surface area contributed by atoms with Crippen LogP contribution in [0.5, 0.6) is 5.75 Å². The quantitative estimate of drug-likeness (QED) is 0.343. The first-order chi connectivity index (χ1) is 14.9. The Labute approximate surface area is 182 Å². The molecule has 1 atom stereocenters. The van der Waals surface area contributed by atoms with E-state index in [9.17, 15) is 18.0 Å². The Morgan fingerprint density at radius 3 is 2.81 bits per heavy atom. The van der Waals surface area contributed by atoms with E-state index >= 15 is 0 Å². The van der Waals surface area contributed by atoms with Gasteiger partial charge in [0.1, 0.15) is 12.3 Å². The minimum atomic E-state index is -3.63. The molecule has 3 amide bonds. The Kier molecular flexibility index (Phi) is 7.81. The average molecular weight is 450 g/mol. The first-order valence-corrected chi connectivity index (χ1v) is 12.1. The summed E-state index contributed by atoms with van der Waals surface area (Å²) < 4.78 is 33.3. The highest BCUT2D eigenvalue weighted by molar-refractivity contribution is 7.89. The predicted octanol–water partition coefficient (Wildman–Crippen LogP) is 1.47. The largest absolute Gasteiger partial charge is 0.493 e. The molecule has 0 unspecified atom stereocenters. The number of nitrogens with one attached hydrogen (secondary N) is 2. The van der Waals surface area contributed by atoms with Crippen LogP contribution >= 0.6 is 0 Å². The van der Waals surface area contributed by atoms with Crippen LogP contribution in [0.1, 0.15) is 50.3 Å². The molecule has 168 valence electrons. The van der Waals surface area contributed by atoms with Crippen molar-refractivity contribution in [3.8, 4) is 11.8 Å². The third-order valence-corrected chi connectivity index (χ3v) is 6.59. The summed E-state index contributed by atoms with van der Waals surface area (Å²) >= 11 is 0. The number of carbonyl (C=O) groups excluding carboxylic acids is 2. The van der Waals surface area contributed by atoms with Gasteiger partial charge in [0.05, 0.1) is 36.6 Å². The number of unbranched alkanes of at least 4 members (excludes halogenated alkanes) is 2. The minimum Gasteiger partial charge on any atom is -0.493 e. The molecule has 2 fully saturated rings. The van der Waals surface area contributed by atoms with Gasteiger partial charge in [0.15, 0.2) is 0 Å². The van der Waals surface area contributed by atoms with Crippen LogP contribution in [0.3, 0.4) is 0 Å². The molecule has 0 aromatic carbocycles. The van der Waals surface area contributed by atoms with Crippen LogP contribution < -0.4 is 14.8 Å². The lowest BCUT2D eigenvalue weighted by atomic mass is 10.1. The van der Waals surface area contributed by atoms with Crippen molar-refractivity contribution in [3.63, 3.8) is 0 Å². The zero-order valence-electron chi connectivity index (χ0n) is 17.2. The van der Waals surface area contributed by atoms with Crippen molar-refractivity contribution in [3.05, 3.63) is 24.0 Å². The molecule has 3 rings (SSSR count). The lowest BCUT2D eigenvalue weighted by Crippen LogP contribution is -2.31. The van der Waals surface area contributed by atoms with Crippen LogP contribution in [0, 0.1) is 17.2 Å². The van der Waals surface area contributed by atoms with Gasteiger partial charge in [-0.2, -0.15) is 5.26 Å². The van der Waals surface area contributed by atoms with E-state index in [2.05, 4.69) is 15.0 Å². The van der Waals surface area contributed by atoms with Crippen molar-refractivity contribution >= 4 is 22.0 Å². The number of nitriles is 1. The second-order valence-electron chi connectivity index (χ2n) is 7.86. The van der Waals surface area contributed by atoms with Crippen LogP contribution in [0.4, 0.5) is 4.79 Å². The Balaban J connectivity index is 1.46. The van der Waals surface area contributed by atoms with Crippen molar-refractivity contribution < 1.29 is 22.7 Å². The van der Waals surface area contributed by atoms with Gasteiger partial charge in [-0.25, -0.2) is 17.9 Å². The molecule has 0 radical (unpaired) electrons. The summed E-state index contributed by atoms with van der Waals surface area (Å²) in [5.41, 5.74) is 0.447. The van der Waals surface area contributed by atoms with E-state index in [0.29, 0.717) is 49.8 Å². The van der Waals surface area contributed by atoms with Gasteiger partial charge < -0.3 is 9.64 Å². The fourth-order valence-electron chi connectivity index (χ4n) is 3.22. The number of rotatable bonds is 13. The number of hydrogen-bond acceptors (Lipinski definition) is 7. The molecule has 1 saturated heterocycles. The lowest BCUT2D eigenvalue weighted by molar-refractivity contribution is -0.118. The second kappa shape index (κ2) is 10.5. The number of ether oxygens (including phenoxy) is 1. The third-order valence-electron chi connectivity index (χ3n) is 5.12. The summed E-state index contributed by atoms with van der Waals surface area (Å²) in [4.78, 5) is 28.3. The summed E-state index contributed by atoms with van der Waals surface area (Å²) in [7, 11) is -3.63. The fourth-order valence-corrected chi connectivity index (χ4v) is 4.56. The maximum Gasteiger partial charge on any atom is 0.324 e. The number of pyridine rings is 1. The average Bonchev–Trinajstić information content (AvgIpc) is 3.50.